The van der Waals surface area contributed by atoms with E-state index in [2.05, 4.69) is 10.3 Å². The number of methoxy groups -OCH3 is 2. The Morgan fingerprint density at radius 2 is 2.04 bits per heavy atom. The second-order valence-electron chi connectivity index (χ2n) is 6.43. The fourth-order valence-electron chi connectivity index (χ4n) is 2.61. The highest BCUT2D eigenvalue weighted by molar-refractivity contribution is 7.99. The summed E-state index contributed by atoms with van der Waals surface area (Å²) < 4.78 is 11.3. The molecule has 0 spiro atoms. The van der Waals surface area contributed by atoms with Crippen LogP contribution in [0, 0.1) is 0 Å². The molecule has 152 valence electrons. The Hall–Kier alpha value is -2.39. The van der Waals surface area contributed by atoms with E-state index in [0.29, 0.717) is 41.2 Å². The van der Waals surface area contributed by atoms with Crippen LogP contribution in [0.25, 0.3) is 10.9 Å². The van der Waals surface area contributed by atoms with Gasteiger partial charge in [-0.2, -0.15) is 0 Å². The average molecular weight is 407 g/mol. The van der Waals surface area contributed by atoms with Crippen molar-refractivity contribution < 1.29 is 19.1 Å². The normalized spacial score (nSPS) is 11.0. The minimum absolute atomic E-state index is 0.0316. The van der Waals surface area contributed by atoms with Crippen LogP contribution in [0.1, 0.15) is 30.6 Å². The lowest BCUT2D eigenvalue weighted by molar-refractivity contribution is -0.119. The van der Waals surface area contributed by atoms with E-state index in [9.17, 15) is 14.4 Å². The molecule has 0 bridgehead atoms. The van der Waals surface area contributed by atoms with Gasteiger partial charge in [-0.05, 0) is 38.5 Å². The summed E-state index contributed by atoms with van der Waals surface area (Å²) in [6, 6.07) is 4.67. The number of amides is 1. The van der Waals surface area contributed by atoms with E-state index in [1.165, 1.54) is 24.9 Å². The Morgan fingerprint density at radius 1 is 1.29 bits per heavy atom. The molecule has 0 radical (unpaired) electrons. The van der Waals surface area contributed by atoms with Crippen LogP contribution in [-0.2, 0) is 20.8 Å². The second-order valence-corrected chi connectivity index (χ2v) is 7.37. The maximum absolute atomic E-state index is 13.0. The first kappa shape index (κ1) is 21.9. The van der Waals surface area contributed by atoms with Gasteiger partial charge in [0.25, 0.3) is 5.56 Å². The standard InChI is InChI=1S/C19H25N3O5S/c1-12(2)20-16(23)11-28-19-21-15-10-13(18(25)27-4)6-7-14(15)17(24)22(19)8-5-9-26-3/h6-7,10,12H,5,8-9,11H2,1-4H3,(H,20,23). The van der Waals surface area contributed by atoms with Gasteiger partial charge in [0.1, 0.15) is 0 Å². The van der Waals surface area contributed by atoms with Crippen molar-refractivity contribution in [2.24, 2.45) is 0 Å². The van der Waals surface area contributed by atoms with E-state index in [-0.39, 0.29) is 23.3 Å². The zero-order chi connectivity index (χ0) is 20.7. The predicted molar refractivity (Wildman–Crippen MR) is 108 cm³/mol. The fourth-order valence-corrected chi connectivity index (χ4v) is 3.45. The van der Waals surface area contributed by atoms with Crippen molar-refractivity contribution in [2.75, 3.05) is 26.6 Å². The lowest BCUT2D eigenvalue weighted by atomic mass is 10.1. The second kappa shape index (κ2) is 10.2. The van der Waals surface area contributed by atoms with Gasteiger partial charge in [-0.15, -0.1) is 0 Å². The number of rotatable bonds is 9. The smallest absolute Gasteiger partial charge is 0.337 e. The van der Waals surface area contributed by atoms with Gasteiger partial charge < -0.3 is 14.8 Å². The molecule has 2 rings (SSSR count). The van der Waals surface area contributed by atoms with Gasteiger partial charge in [0.2, 0.25) is 5.91 Å². The zero-order valence-electron chi connectivity index (χ0n) is 16.5. The number of nitrogens with one attached hydrogen (secondary N) is 1. The summed E-state index contributed by atoms with van der Waals surface area (Å²) in [6.45, 7) is 4.68. The number of benzene rings is 1. The molecule has 2 aromatic rings. The number of carbonyl (C=O) groups excluding carboxylic acids is 2. The molecular formula is C19H25N3O5S. The number of fused-ring (bicyclic) bond motifs is 1. The molecule has 0 saturated heterocycles. The highest BCUT2D eigenvalue weighted by Gasteiger charge is 2.15. The van der Waals surface area contributed by atoms with Gasteiger partial charge in [-0.1, -0.05) is 11.8 Å². The number of carbonyl (C=O) groups is 2. The summed E-state index contributed by atoms with van der Waals surface area (Å²) in [5, 5.41) is 3.64. The van der Waals surface area contributed by atoms with Crippen LogP contribution in [0.15, 0.2) is 28.2 Å². The minimum atomic E-state index is -0.501. The van der Waals surface area contributed by atoms with Gasteiger partial charge in [0.05, 0.1) is 29.3 Å². The molecule has 0 aliphatic heterocycles. The zero-order valence-corrected chi connectivity index (χ0v) is 17.3. The molecule has 28 heavy (non-hydrogen) atoms. The van der Waals surface area contributed by atoms with Crippen LogP contribution >= 0.6 is 11.8 Å². The first-order valence-electron chi connectivity index (χ1n) is 8.91. The molecule has 1 amide bonds. The summed E-state index contributed by atoms with van der Waals surface area (Å²) in [7, 11) is 2.89. The van der Waals surface area contributed by atoms with Crippen molar-refractivity contribution >= 4 is 34.5 Å². The molecule has 1 heterocycles. The molecule has 0 unspecified atom stereocenters. The lowest BCUT2D eigenvalue weighted by Crippen LogP contribution is -2.32. The van der Waals surface area contributed by atoms with Crippen molar-refractivity contribution in [1.29, 1.82) is 0 Å². The number of thioether (sulfide) groups is 1. The molecule has 9 heteroatoms. The molecule has 1 aromatic heterocycles. The van der Waals surface area contributed by atoms with E-state index in [4.69, 9.17) is 9.47 Å². The van der Waals surface area contributed by atoms with Crippen LogP contribution in [0.4, 0.5) is 0 Å². The summed E-state index contributed by atoms with van der Waals surface area (Å²) in [5.74, 6) is -0.503. The molecule has 0 atom stereocenters. The van der Waals surface area contributed by atoms with Crippen molar-refractivity contribution in [1.82, 2.24) is 14.9 Å². The molecule has 0 fully saturated rings. The molecule has 8 nitrogen and oxygen atoms in total. The first-order chi connectivity index (χ1) is 13.4. The van der Waals surface area contributed by atoms with Crippen LogP contribution in [0.3, 0.4) is 0 Å². The summed E-state index contributed by atoms with van der Waals surface area (Å²) >= 11 is 1.19. The third kappa shape index (κ3) is 5.56. The number of hydrogen-bond donors (Lipinski definition) is 1. The van der Waals surface area contributed by atoms with Crippen LogP contribution in [0.2, 0.25) is 0 Å². The number of nitrogens with zero attached hydrogens (tertiary/aromatic N) is 2. The van der Waals surface area contributed by atoms with Crippen LogP contribution in [-0.4, -0.2) is 54.0 Å². The quantitative estimate of drug-likeness (QED) is 0.293. The highest BCUT2D eigenvalue weighted by Crippen LogP contribution is 2.19. The average Bonchev–Trinajstić information content (AvgIpc) is 2.66. The summed E-state index contributed by atoms with van der Waals surface area (Å²) in [6.07, 6.45) is 0.635. The van der Waals surface area contributed by atoms with E-state index >= 15 is 0 Å². The van der Waals surface area contributed by atoms with E-state index in [0.717, 1.165) is 0 Å². The Labute approximate surface area is 167 Å². The third-order valence-electron chi connectivity index (χ3n) is 3.85. The third-order valence-corrected chi connectivity index (χ3v) is 4.83. The maximum Gasteiger partial charge on any atom is 0.337 e. The van der Waals surface area contributed by atoms with Crippen molar-refractivity contribution in [3.63, 3.8) is 0 Å². The molecule has 1 aromatic carbocycles. The summed E-state index contributed by atoms with van der Waals surface area (Å²) in [5.41, 5.74) is 0.486. The lowest BCUT2D eigenvalue weighted by Gasteiger charge is -2.14. The Morgan fingerprint density at radius 3 is 2.68 bits per heavy atom. The van der Waals surface area contributed by atoms with Gasteiger partial charge in [0.15, 0.2) is 5.16 Å². The van der Waals surface area contributed by atoms with Crippen LogP contribution < -0.4 is 10.9 Å². The Balaban J connectivity index is 2.43. The minimum Gasteiger partial charge on any atom is -0.465 e. The van der Waals surface area contributed by atoms with Gasteiger partial charge in [0, 0.05) is 26.3 Å². The van der Waals surface area contributed by atoms with E-state index in [1.807, 2.05) is 13.8 Å². The van der Waals surface area contributed by atoms with Gasteiger partial charge in [-0.3, -0.25) is 14.2 Å². The largest absolute Gasteiger partial charge is 0.465 e. The Bertz CT molecular complexity index is 910. The van der Waals surface area contributed by atoms with Crippen molar-refractivity contribution in [3.05, 3.63) is 34.1 Å². The molecule has 0 aliphatic carbocycles. The summed E-state index contributed by atoms with van der Waals surface area (Å²) in [4.78, 5) is 41.3. The fraction of sp³-hybridized carbons (Fsp3) is 0.474. The maximum atomic E-state index is 13.0. The Kier molecular flexibility index (Phi) is 8.01. The van der Waals surface area contributed by atoms with Gasteiger partial charge in [-0.25, -0.2) is 9.78 Å². The molecule has 0 saturated carbocycles. The van der Waals surface area contributed by atoms with E-state index in [1.54, 1.807) is 23.8 Å². The number of hydrogen-bond acceptors (Lipinski definition) is 7. The van der Waals surface area contributed by atoms with Crippen molar-refractivity contribution in [2.45, 2.75) is 38.0 Å². The number of esters is 1. The van der Waals surface area contributed by atoms with Crippen molar-refractivity contribution in [3.8, 4) is 0 Å². The first-order valence-corrected chi connectivity index (χ1v) is 9.90. The number of aromatic nitrogens is 2. The molecular weight excluding hydrogens is 382 g/mol. The SMILES string of the molecule is COCCCn1c(SCC(=O)NC(C)C)nc2cc(C(=O)OC)ccc2c1=O. The molecule has 1 N–H and O–H groups in total. The predicted octanol–water partition coefficient (Wildman–Crippen LogP) is 1.84. The monoisotopic (exact) mass is 407 g/mol. The van der Waals surface area contributed by atoms with Gasteiger partial charge >= 0.3 is 5.97 Å². The van der Waals surface area contributed by atoms with E-state index < -0.39 is 5.97 Å². The molecule has 0 aliphatic rings. The number of ether oxygens (including phenoxy) is 2. The topological polar surface area (TPSA) is 99.5 Å². The highest BCUT2D eigenvalue weighted by atomic mass is 32.2. The van der Waals surface area contributed by atoms with Crippen LogP contribution in [0.5, 0.6) is 0 Å².